The normalized spacial score (nSPS) is 17.1. The first-order valence-corrected chi connectivity index (χ1v) is 10.8. The number of hydrogen-bond donors (Lipinski definition) is 1. The SMILES string of the molecule is CCOP(=O)(OCC)/C(=C/C(C)N1CCCC1)Nc1ccc([N+](=O)[O-])cc1. The van der Waals surface area contributed by atoms with Crippen LogP contribution in [0.4, 0.5) is 11.4 Å². The molecule has 0 aromatic heterocycles. The van der Waals surface area contributed by atoms with Crippen LogP contribution >= 0.6 is 7.60 Å². The van der Waals surface area contributed by atoms with Crippen molar-refractivity contribution in [2.75, 3.05) is 31.6 Å². The average molecular weight is 397 g/mol. The maximum atomic E-state index is 13.3. The Morgan fingerprint density at radius 3 is 2.30 bits per heavy atom. The molecule has 1 saturated heterocycles. The molecule has 1 heterocycles. The Balaban J connectivity index is 2.32. The van der Waals surface area contributed by atoms with Crippen molar-refractivity contribution in [2.45, 2.75) is 39.7 Å². The lowest BCUT2D eigenvalue weighted by Crippen LogP contribution is -2.29. The van der Waals surface area contributed by atoms with Crippen molar-refractivity contribution in [1.29, 1.82) is 0 Å². The van der Waals surface area contributed by atoms with E-state index in [0.717, 1.165) is 25.9 Å². The summed E-state index contributed by atoms with van der Waals surface area (Å²) in [7, 11) is -3.53. The average Bonchev–Trinajstić information content (AvgIpc) is 3.17. The molecule has 1 aliphatic heterocycles. The van der Waals surface area contributed by atoms with Crippen molar-refractivity contribution in [3.63, 3.8) is 0 Å². The highest BCUT2D eigenvalue weighted by Crippen LogP contribution is 2.56. The fourth-order valence-electron chi connectivity index (χ4n) is 3.01. The predicted molar refractivity (Wildman–Crippen MR) is 106 cm³/mol. The quantitative estimate of drug-likeness (QED) is 0.350. The molecular formula is C18H28N3O5P. The monoisotopic (exact) mass is 397 g/mol. The van der Waals surface area contributed by atoms with Crippen LogP contribution in [0, 0.1) is 10.1 Å². The van der Waals surface area contributed by atoms with E-state index in [9.17, 15) is 14.7 Å². The summed E-state index contributed by atoms with van der Waals surface area (Å²) >= 11 is 0. The maximum absolute atomic E-state index is 13.3. The third kappa shape index (κ3) is 5.87. The smallest absolute Gasteiger partial charge is 0.349 e. The molecule has 0 radical (unpaired) electrons. The van der Waals surface area contributed by atoms with Crippen LogP contribution in [0.3, 0.4) is 0 Å². The van der Waals surface area contributed by atoms with E-state index in [-0.39, 0.29) is 24.9 Å². The van der Waals surface area contributed by atoms with E-state index in [1.54, 1.807) is 26.0 Å². The topological polar surface area (TPSA) is 93.9 Å². The Bertz CT molecular complexity index is 691. The molecule has 9 heteroatoms. The second-order valence-electron chi connectivity index (χ2n) is 6.30. The van der Waals surface area contributed by atoms with Crippen LogP contribution in [-0.2, 0) is 13.6 Å². The molecule has 0 bridgehead atoms. The van der Waals surface area contributed by atoms with Gasteiger partial charge in [-0.2, -0.15) is 0 Å². The van der Waals surface area contributed by atoms with Crippen LogP contribution in [0.5, 0.6) is 0 Å². The van der Waals surface area contributed by atoms with Crippen molar-refractivity contribution in [3.05, 3.63) is 45.9 Å². The molecule has 2 rings (SSSR count). The van der Waals surface area contributed by atoms with Gasteiger partial charge in [0.2, 0.25) is 0 Å². The minimum Gasteiger partial charge on any atom is -0.349 e. The molecule has 1 N–H and O–H groups in total. The molecule has 1 aromatic rings. The lowest BCUT2D eigenvalue weighted by atomic mass is 10.2. The fraction of sp³-hybridized carbons (Fsp3) is 0.556. The van der Waals surface area contributed by atoms with E-state index in [1.807, 2.05) is 13.0 Å². The molecule has 0 saturated carbocycles. The van der Waals surface area contributed by atoms with Gasteiger partial charge in [0, 0.05) is 23.9 Å². The van der Waals surface area contributed by atoms with Crippen molar-refractivity contribution < 1.29 is 18.5 Å². The molecular weight excluding hydrogens is 369 g/mol. The first-order chi connectivity index (χ1) is 12.9. The number of rotatable bonds is 10. The van der Waals surface area contributed by atoms with E-state index in [4.69, 9.17) is 9.05 Å². The van der Waals surface area contributed by atoms with E-state index in [0.29, 0.717) is 11.1 Å². The van der Waals surface area contributed by atoms with Gasteiger partial charge in [0.15, 0.2) is 0 Å². The number of hydrogen-bond acceptors (Lipinski definition) is 7. The zero-order valence-electron chi connectivity index (χ0n) is 16.1. The van der Waals surface area contributed by atoms with Gasteiger partial charge in [0.05, 0.1) is 18.1 Å². The number of nitro groups is 1. The maximum Gasteiger partial charge on any atom is 0.377 e. The summed E-state index contributed by atoms with van der Waals surface area (Å²) in [5, 5.41) is 13.9. The number of nitrogens with zero attached hydrogens (tertiary/aromatic N) is 2. The van der Waals surface area contributed by atoms with Crippen LogP contribution in [0.1, 0.15) is 33.6 Å². The van der Waals surface area contributed by atoms with Crippen molar-refractivity contribution >= 4 is 19.0 Å². The largest absolute Gasteiger partial charge is 0.377 e. The number of nitro benzene ring substituents is 1. The highest BCUT2D eigenvalue weighted by atomic mass is 31.2. The summed E-state index contributed by atoms with van der Waals surface area (Å²) < 4.78 is 24.4. The van der Waals surface area contributed by atoms with Crippen LogP contribution in [0.15, 0.2) is 35.8 Å². The Morgan fingerprint density at radius 2 is 1.81 bits per heavy atom. The van der Waals surface area contributed by atoms with E-state index in [1.165, 1.54) is 12.1 Å². The van der Waals surface area contributed by atoms with Gasteiger partial charge in [-0.1, -0.05) is 0 Å². The third-order valence-electron chi connectivity index (χ3n) is 4.36. The first-order valence-electron chi connectivity index (χ1n) is 9.26. The Labute approximate surface area is 160 Å². The number of likely N-dealkylation sites (tertiary alicyclic amines) is 1. The van der Waals surface area contributed by atoms with E-state index >= 15 is 0 Å². The number of benzene rings is 1. The minimum absolute atomic E-state index is 0.00527. The minimum atomic E-state index is -3.53. The van der Waals surface area contributed by atoms with Gasteiger partial charge >= 0.3 is 7.60 Å². The third-order valence-corrected chi connectivity index (χ3v) is 6.41. The van der Waals surface area contributed by atoms with Crippen LogP contribution in [0.25, 0.3) is 0 Å². The summed E-state index contributed by atoms with van der Waals surface area (Å²) in [6.45, 7) is 8.05. The predicted octanol–water partition coefficient (Wildman–Crippen LogP) is 4.60. The van der Waals surface area contributed by atoms with Crippen molar-refractivity contribution in [3.8, 4) is 0 Å². The molecule has 1 aromatic carbocycles. The molecule has 1 aliphatic rings. The molecule has 8 nitrogen and oxygen atoms in total. The summed E-state index contributed by atoms with van der Waals surface area (Å²) in [5.41, 5.74) is 0.939. The molecule has 1 unspecified atom stereocenters. The molecule has 0 aliphatic carbocycles. The van der Waals surface area contributed by atoms with Crippen molar-refractivity contribution in [2.24, 2.45) is 0 Å². The van der Waals surface area contributed by atoms with Gasteiger partial charge < -0.3 is 14.4 Å². The van der Waals surface area contributed by atoms with Crippen LogP contribution in [-0.4, -0.2) is 42.2 Å². The molecule has 27 heavy (non-hydrogen) atoms. The summed E-state index contributed by atoms with van der Waals surface area (Å²) in [5.74, 6) is 0. The molecule has 0 spiro atoms. The lowest BCUT2D eigenvalue weighted by Gasteiger charge is -2.25. The Kier molecular flexibility index (Phi) is 7.98. The van der Waals surface area contributed by atoms with E-state index < -0.39 is 12.5 Å². The van der Waals surface area contributed by atoms with E-state index in [2.05, 4.69) is 10.2 Å². The van der Waals surface area contributed by atoms with Gasteiger partial charge in [-0.15, -0.1) is 0 Å². The standard InChI is InChI=1S/C18H28N3O5P/c1-4-25-27(24,26-5-2)18(14-15(3)20-12-6-7-13-20)19-16-8-10-17(11-9-16)21(22)23/h8-11,14-15,19H,4-7,12-13H2,1-3H3/b18-14+. The van der Waals surface area contributed by atoms with Gasteiger partial charge in [0.25, 0.3) is 5.69 Å². The van der Waals surface area contributed by atoms with Gasteiger partial charge in [-0.3, -0.25) is 19.6 Å². The number of non-ortho nitro benzene ring substituents is 1. The zero-order chi connectivity index (χ0) is 19.9. The molecule has 0 amide bonds. The Hall–Kier alpha value is -1.73. The molecule has 1 fully saturated rings. The Morgan fingerprint density at radius 1 is 1.26 bits per heavy atom. The fourth-order valence-corrected chi connectivity index (χ4v) is 4.71. The molecule has 150 valence electrons. The number of nitrogens with one attached hydrogen (secondary N) is 1. The highest BCUT2D eigenvalue weighted by Gasteiger charge is 2.31. The van der Waals surface area contributed by atoms with Gasteiger partial charge in [-0.25, -0.2) is 0 Å². The van der Waals surface area contributed by atoms with Crippen molar-refractivity contribution in [1.82, 2.24) is 4.90 Å². The van der Waals surface area contributed by atoms with Gasteiger partial charge in [-0.05, 0) is 64.9 Å². The second-order valence-corrected chi connectivity index (χ2v) is 8.29. The van der Waals surface area contributed by atoms with Crippen LogP contribution < -0.4 is 5.32 Å². The van der Waals surface area contributed by atoms with Gasteiger partial charge in [0.1, 0.15) is 5.44 Å². The number of anilines is 1. The summed E-state index contributed by atoms with van der Waals surface area (Å²) in [4.78, 5) is 12.7. The second kappa shape index (κ2) is 9.99. The van der Waals surface area contributed by atoms with Crippen LogP contribution in [0.2, 0.25) is 0 Å². The lowest BCUT2D eigenvalue weighted by molar-refractivity contribution is -0.384. The molecule has 1 atom stereocenters. The first kappa shape index (κ1) is 21.6. The summed E-state index contributed by atoms with van der Waals surface area (Å²) in [6, 6.07) is 6.01. The zero-order valence-corrected chi connectivity index (χ0v) is 17.0. The summed E-state index contributed by atoms with van der Waals surface area (Å²) in [6.07, 6.45) is 4.18. The highest BCUT2D eigenvalue weighted by molar-refractivity contribution is 7.58.